The molecule has 2 rings (SSSR count). The molecule has 5 heteroatoms. The zero-order chi connectivity index (χ0) is 7.68. The summed E-state index contributed by atoms with van der Waals surface area (Å²) >= 11 is 0. The Hall–Kier alpha value is -1.78. The van der Waals surface area contributed by atoms with Gasteiger partial charge in [-0.25, -0.2) is 0 Å². The molecule has 0 saturated heterocycles. The maximum absolute atomic E-state index is 10.5. The number of nitrogens with one attached hydrogen (secondary N) is 1. The molecule has 0 saturated carbocycles. The lowest BCUT2D eigenvalue weighted by Crippen LogP contribution is -2.14. The summed E-state index contributed by atoms with van der Waals surface area (Å²) in [6.45, 7) is 0. The van der Waals surface area contributed by atoms with Gasteiger partial charge < -0.3 is 10.0 Å². The standard InChI is InChI=1S/C6H5N3O2/c10-9-8-7-5-3-1-2-4-6(5)11-9/h1-4,7H. The lowest BCUT2D eigenvalue weighted by Gasteiger charge is -2.13. The zero-order valence-electron chi connectivity index (χ0n) is 5.52. The Labute approximate surface area is 62.4 Å². The van der Waals surface area contributed by atoms with Crippen molar-refractivity contribution in [3.63, 3.8) is 0 Å². The second-order valence-corrected chi connectivity index (χ2v) is 2.04. The van der Waals surface area contributed by atoms with Crippen molar-refractivity contribution in [3.05, 3.63) is 29.5 Å². The number of fused-ring (bicyclic) bond motifs is 1. The van der Waals surface area contributed by atoms with E-state index >= 15 is 0 Å². The van der Waals surface area contributed by atoms with Crippen LogP contribution in [0.3, 0.4) is 0 Å². The van der Waals surface area contributed by atoms with E-state index in [9.17, 15) is 5.21 Å². The molecule has 0 fully saturated rings. The fourth-order valence-electron chi connectivity index (χ4n) is 0.838. The molecule has 1 N–H and O–H groups in total. The normalized spacial score (nSPS) is 14.0. The number of para-hydroxylation sites is 2. The first-order valence-electron chi connectivity index (χ1n) is 3.07. The van der Waals surface area contributed by atoms with Gasteiger partial charge in [-0.05, 0) is 12.1 Å². The molecule has 0 amide bonds. The maximum atomic E-state index is 10.5. The van der Waals surface area contributed by atoms with Crippen LogP contribution in [0.1, 0.15) is 0 Å². The van der Waals surface area contributed by atoms with Gasteiger partial charge in [0.05, 0.1) is 5.02 Å². The quantitative estimate of drug-likeness (QED) is 0.568. The van der Waals surface area contributed by atoms with Gasteiger partial charge in [0.15, 0.2) is 5.69 Å². The second-order valence-electron chi connectivity index (χ2n) is 2.04. The largest absolute Gasteiger partial charge is 0.418 e. The first-order chi connectivity index (χ1) is 5.36. The lowest BCUT2D eigenvalue weighted by atomic mass is 10.3. The van der Waals surface area contributed by atoms with Crippen LogP contribution in [-0.4, -0.2) is 5.02 Å². The summed E-state index contributed by atoms with van der Waals surface area (Å²) in [6.07, 6.45) is 0. The summed E-state index contributed by atoms with van der Waals surface area (Å²) in [5.41, 5.74) is 3.22. The highest BCUT2D eigenvalue weighted by molar-refractivity contribution is 5.55. The zero-order valence-corrected chi connectivity index (χ0v) is 5.52. The molecule has 0 unspecified atom stereocenters. The molecule has 11 heavy (non-hydrogen) atoms. The Kier molecular flexibility index (Phi) is 1.15. The van der Waals surface area contributed by atoms with Crippen LogP contribution in [0, 0.1) is 5.21 Å². The van der Waals surface area contributed by atoms with E-state index in [0.717, 1.165) is 0 Å². The Morgan fingerprint density at radius 3 is 3.18 bits per heavy atom. The second kappa shape index (κ2) is 2.12. The van der Waals surface area contributed by atoms with Gasteiger partial charge in [0.25, 0.3) is 0 Å². The monoisotopic (exact) mass is 151 g/mol. The smallest absolute Gasteiger partial charge is 0.164 e. The van der Waals surface area contributed by atoms with Crippen molar-refractivity contribution in [2.24, 2.45) is 5.22 Å². The van der Waals surface area contributed by atoms with Crippen LogP contribution in [-0.2, 0) is 0 Å². The number of anilines is 1. The topological polar surface area (TPSA) is 59.7 Å². The minimum absolute atomic E-state index is 0.127. The van der Waals surface area contributed by atoms with Gasteiger partial charge in [-0.2, -0.15) is 0 Å². The van der Waals surface area contributed by atoms with E-state index in [-0.39, 0.29) is 5.02 Å². The van der Waals surface area contributed by atoms with Gasteiger partial charge >= 0.3 is 0 Å². The predicted molar refractivity (Wildman–Crippen MR) is 36.7 cm³/mol. The van der Waals surface area contributed by atoms with Crippen molar-refractivity contribution in [1.29, 1.82) is 0 Å². The van der Waals surface area contributed by atoms with Crippen molar-refractivity contribution in [1.82, 2.24) is 0 Å². The van der Waals surface area contributed by atoms with Crippen molar-refractivity contribution < 1.29 is 9.86 Å². The molecule has 56 valence electrons. The predicted octanol–water partition coefficient (Wildman–Crippen LogP) is 1.28. The fraction of sp³-hybridized carbons (Fsp3) is 0. The molecule has 0 radical (unpaired) electrons. The van der Waals surface area contributed by atoms with E-state index in [1.54, 1.807) is 18.2 Å². The number of rotatable bonds is 0. The molecule has 1 aromatic rings. The van der Waals surface area contributed by atoms with Gasteiger partial charge in [-0.3, -0.25) is 0 Å². The Morgan fingerprint density at radius 2 is 2.27 bits per heavy atom. The average molecular weight is 151 g/mol. The van der Waals surface area contributed by atoms with E-state index < -0.39 is 0 Å². The highest BCUT2D eigenvalue weighted by Crippen LogP contribution is 2.25. The van der Waals surface area contributed by atoms with Crippen LogP contribution in [0.5, 0.6) is 5.75 Å². The molecule has 0 bridgehead atoms. The summed E-state index contributed by atoms with van der Waals surface area (Å²) in [4.78, 5) is 4.68. The van der Waals surface area contributed by atoms with Gasteiger partial charge in [-0.1, -0.05) is 12.1 Å². The third-order valence-corrected chi connectivity index (χ3v) is 1.32. The highest BCUT2D eigenvalue weighted by Gasteiger charge is 2.09. The highest BCUT2D eigenvalue weighted by atomic mass is 16.9. The molecule has 0 spiro atoms. The van der Waals surface area contributed by atoms with Crippen molar-refractivity contribution >= 4 is 5.69 Å². The van der Waals surface area contributed by atoms with E-state index in [0.29, 0.717) is 11.4 Å². The third kappa shape index (κ3) is 0.958. The van der Waals surface area contributed by atoms with Crippen LogP contribution in [0.2, 0.25) is 0 Å². The van der Waals surface area contributed by atoms with E-state index in [1.165, 1.54) is 0 Å². The van der Waals surface area contributed by atoms with Crippen LogP contribution in [0.4, 0.5) is 5.69 Å². The first kappa shape index (κ1) is 5.96. The van der Waals surface area contributed by atoms with Crippen LogP contribution < -0.4 is 10.3 Å². The Balaban J connectivity index is 2.42. The summed E-state index contributed by atoms with van der Waals surface area (Å²) < 4.78 is 0. The molecule has 5 nitrogen and oxygen atoms in total. The average Bonchev–Trinajstić information content (AvgIpc) is 2.04. The van der Waals surface area contributed by atoms with Crippen molar-refractivity contribution in [3.8, 4) is 5.75 Å². The summed E-state index contributed by atoms with van der Waals surface area (Å²) in [5, 5.41) is 13.9. The number of nitrogens with zero attached hydrogens (tertiary/aromatic N) is 2. The Bertz CT molecular complexity index is 310. The summed E-state index contributed by atoms with van der Waals surface area (Å²) in [5.74, 6) is 0.484. The van der Waals surface area contributed by atoms with Gasteiger partial charge in [0, 0.05) is 0 Å². The molecule has 0 atom stereocenters. The third-order valence-electron chi connectivity index (χ3n) is 1.32. The number of hydrogen-bond donors (Lipinski definition) is 1. The lowest BCUT2D eigenvalue weighted by molar-refractivity contribution is -0.748. The minimum Gasteiger partial charge on any atom is -0.418 e. The maximum Gasteiger partial charge on any atom is 0.164 e. The minimum atomic E-state index is 0.127. The van der Waals surface area contributed by atoms with E-state index in [4.69, 9.17) is 0 Å². The number of hydrogen-bond acceptors (Lipinski definition) is 4. The van der Waals surface area contributed by atoms with Gasteiger partial charge in [0.1, 0.15) is 11.0 Å². The van der Waals surface area contributed by atoms with Crippen LogP contribution in [0.15, 0.2) is 29.5 Å². The molecule has 0 aliphatic carbocycles. The fourth-order valence-corrected chi connectivity index (χ4v) is 0.838. The molecular weight excluding hydrogens is 146 g/mol. The molecule has 1 heterocycles. The molecule has 1 aromatic carbocycles. The molecule has 1 aliphatic heterocycles. The van der Waals surface area contributed by atoms with Crippen molar-refractivity contribution in [2.75, 3.05) is 5.43 Å². The Morgan fingerprint density at radius 1 is 1.45 bits per heavy atom. The SMILES string of the molecule is [O-][N+]1=NNc2ccccc2O1. The van der Waals surface area contributed by atoms with E-state index in [1.807, 2.05) is 6.07 Å². The molecule has 1 aliphatic rings. The first-order valence-corrected chi connectivity index (χ1v) is 3.07. The molecular formula is C6H5N3O2. The summed E-state index contributed by atoms with van der Waals surface area (Å²) in [7, 11) is 0. The van der Waals surface area contributed by atoms with Crippen LogP contribution in [0.25, 0.3) is 0 Å². The van der Waals surface area contributed by atoms with Crippen molar-refractivity contribution in [2.45, 2.75) is 0 Å². The van der Waals surface area contributed by atoms with Gasteiger partial charge in [-0.15, -0.1) is 5.43 Å². The van der Waals surface area contributed by atoms with Crippen LogP contribution >= 0.6 is 0 Å². The number of benzene rings is 1. The van der Waals surface area contributed by atoms with E-state index in [2.05, 4.69) is 15.5 Å². The van der Waals surface area contributed by atoms with Gasteiger partial charge in [0.2, 0.25) is 0 Å². The molecule has 0 aromatic heterocycles. The summed E-state index contributed by atoms with van der Waals surface area (Å²) in [6, 6.07) is 7.05.